The maximum absolute atomic E-state index is 13.0. The van der Waals surface area contributed by atoms with Gasteiger partial charge in [0, 0.05) is 23.8 Å². The molecule has 2 aromatic carbocycles. The third-order valence-electron chi connectivity index (χ3n) is 5.07. The van der Waals surface area contributed by atoms with Gasteiger partial charge in [-0.25, -0.2) is 0 Å². The summed E-state index contributed by atoms with van der Waals surface area (Å²) in [5.74, 6) is -1.30. The fourth-order valence-corrected chi connectivity index (χ4v) is 3.56. The van der Waals surface area contributed by atoms with Crippen LogP contribution in [0.2, 0.25) is 0 Å². The van der Waals surface area contributed by atoms with Crippen molar-refractivity contribution in [3.05, 3.63) is 87.2 Å². The molecule has 0 radical (unpaired) electrons. The molecule has 0 bridgehead atoms. The Kier molecular flexibility index (Phi) is 5.19. The van der Waals surface area contributed by atoms with E-state index in [1.807, 2.05) is 0 Å². The van der Waals surface area contributed by atoms with Crippen LogP contribution in [-0.4, -0.2) is 34.0 Å². The number of carbonyl (C=O) groups is 2. The van der Waals surface area contributed by atoms with Crippen LogP contribution < -0.4 is 9.64 Å². The number of nitro groups is 1. The van der Waals surface area contributed by atoms with Crippen molar-refractivity contribution in [1.29, 1.82) is 0 Å². The molecule has 1 aliphatic heterocycles. The molecule has 1 N–H and O–H groups in total. The number of nitro benzene ring substituents is 1. The van der Waals surface area contributed by atoms with Crippen molar-refractivity contribution in [2.45, 2.75) is 13.0 Å². The first-order valence-corrected chi connectivity index (χ1v) is 9.45. The van der Waals surface area contributed by atoms with Gasteiger partial charge < -0.3 is 14.4 Å². The minimum Gasteiger partial charge on any atom is -0.507 e. The molecule has 1 amide bonds. The van der Waals surface area contributed by atoms with Crippen LogP contribution in [0.15, 0.2) is 64.7 Å². The monoisotopic (exact) mass is 435 g/mol. The average Bonchev–Trinajstić information content (AvgIpc) is 3.34. The number of aliphatic hydroxyl groups is 1. The zero-order valence-corrected chi connectivity index (χ0v) is 17.0. The molecular formula is C22H17N3O7. The fraction of sp³-hybridized carbons (Fsp3) is 0.136. The smallest absolute Gasteiger partial charge is 0.301 e. The number of hydrogen-bond donors (Lipinski definition) is 1. The van der Waals surface area contributed by atoms with E-state index >= 15 is 0 Å². The van der Waals surface area contributed by atoms with Gasteiger partial charge in [0.25, 0.3) is 11.5 Å². The highest BCUT2D eigenvalue weighted by Gasteiger charge is 2.48. The largest absolute Gasteiger partial charge is 0.507 e. The number of ether oxygens (including phenoxy) is 1. The maximum Gasteiger partial charge on any atom is 0.301 e. The van der Waals surface area contributed by atoms with Crippen molar-refractivity contribution in [2.24, 2.45) is 0 Å². The van der Waals surface area contributed by atoms with Crippen molar-refractivity contribution in [1.82, 2.24) is 5.16 Å². The van der Waals surface area contributed by atoms with Gasteiger partial charge in [0.05, 0.1) is 23.6 Å². The lowest BCUT2D eigenvalue weighted by Gasteiger charge is -2.22. The molecular weight excluding hydrogens is 418 g/mol. The van der Waals surface area contributed by atoms with E-state index in [9.17, 15) is 24.8 Å². The molecule has 10 nitrogen and oxygen atoms in total. The summed E-state index contributed by atoms with van der Waals surface area (Å²) in [6.45, 7) is 1.63. The highest BCUT2D eigenvalue weighted by Crippen LogP contribution is 2.42. The predicted molar refractivity (Wildman–Crippen MR) is 112 cm³/mol. The first kappa shape index (κ1) is 20.8. The lowest BCUT2D eigenvalue weighted by molar-refractivity contribution is -0.384. The first-order valence-electron chi connectivity index (χ1n) is 9.45. The summed E-state index contributed by atoms with van der Waals surface area (Å²) in [5, 5.41) is 25.9. The molecule has 4 rings (SSSR count). The Morgan fingerprint density at radius 2 is 1.91 bits per heavy atom. The highest BCUT2D eigenvalue weighted by molar-refractivity contribution is 6.51. The first-order chi connectivity index (χ1) is 15.3. The van der Waals surface area contributed by atoms with Crippen LogP contribution in [0.3, 0.4) is 0 Å². The van der Waals surface area contributed by atoms with E-state index in [2.05, 4.69) is 5.16 Å². The normalized spacial score (nSPS) is 17.6. The number of amides is 1. The van der Waals surface area contributed by atoms with Gasteiger partial charge in [0.2, 0.25) is 0 Å². The summed E-state index contributed by atoms with van der Waals surface area (Å²) in [6.07, 6.45) is 0. The number of hydrogen-bond acceptors (Lipinski definition) is 8. The van der Waals surface area contributed by atoms with Crippen molar-refractivity contribution >= 4 is 29.0 Å². The number of aromatic nitrogens is 1. The summed E-state index contributed by atoms with van der Waals surface area (Å²) in [6, 6.07) is 12.2. The van der Waals surface area contributed by atoms with E-state index in [1.165, 1.54) is 43.5 Å². The Bertz CT molecular complexity index is 1260. The summed E-state index contributed by atoms with van der Waals surface area (Å²) in [4.78, 5) is 37.6. The summed E-state index contributed by atoms with van der Waals surface area (Å²) < 4.78 is 10.2. The van der Waals surface area contributed by atoms with Crippen LogP contribution in [0.5, 0.6) is 5.75 Å². The standard InChI is InChI=1S/C22H17N3O7/c1-12-10-17(23-32-12)24-19(13-6-8-15(9-7-13)25(29)30)18(21(27)22(24)28)20(26)14-4-3-5-16(11-14)31-2/h3-11,19,26H,1-2H3/b20-18-. The van der Waals surface area contributed by atoms with Crippen molar-refractivity contribution in [2.75, 3.05) is 12.0 Å². The van der Waals surface area contributed by atoms with E-state index < -0.39 is 28.4 Å². The topological polar surface area (TPSA) is 136 Å². The molecule has 1 aromatic heterocycles. The van der Waals surface area contributed by atoms with Crippen LogP contribution in [0, 0.1) is 17.0 Å². The van der Waals surface area contributed by atoms with Gasteiger partial charge in [-0.05, 0) is 36.8 Å². The SMILES string of the molecule is COc1cccc(/C(O)=C2/C(=O)C(=O)N(c3cc(C)on3)C2c2ccc([N+](=O)[O-])cc2)c1. The predicted octanol–water partition coefficient (Wildman–Crippen LogP) is 3.53. The Morgan fingerprint density at radius 3 is 2.50 bits per heavy atom. The molecule has 3 aromatic rings. The number of Topliss-reactive ketones (excluding diaryl/α,β-unsaturated/α-hetero) is 1. The summed E-state index contributed by atoms with van der Waals surface area (Å²) in [7, 11) is 1.46. The Hall–Kier alpha value is -4.47. The maximum atomic E-state index is 13.0. The molecule has 1 fully saturated rings. The molecule has 0 saturated carbocycles. The third kappa shape index (κ3) is 3.47. The van der Waals surface area contributed by atoms with Gasteiger partial charge in [0.15, 0.2) is 5.82 Å². The number of methoxy groups -OCH3 is 1. The second kappa shape index (κ2) is 7.99. The number of aliphatic hydroxyl groups excluding tert-OH is 1. The number of anilines is 1. The second-order valence-corrected chi connectivity index (χ2v) is 7.05. The molecule has 1 aliphatic rings. The number of nitrogens with zero attached hydrogens (tertiary/aromatic N) is 3. The number of carbonyl (C=O) groups excluding carboxylic acids is 2. The zero-order chi connectivity index (χ0) is 23.0. The quantitative estimate of drug-likeness (QED) is 0.211. The molecule has 1 atom stereocenters. The minimum absolute atomic E-state index is 0.0812. The van der Waals surface area contributed by atoms with E-state index in [4.69, 9.17) is 9.26 Å². The van der Waals surface area contributed by atoms with Crippen LogP contribution >= 0.6 is 0 Å². The molecule has 0 aliphatic carbocycles. The van der Waals surface area contributed by atoms with Crippen LogP contribution in [0.4, 0.5) is 11.5 Å². The average molecular weight is 435 g/mol. The summed E-state index contributed by atoms with van der Waals surface area (Å²) in [5.41, 5.74) is 0.305. The Balaban J connectivity index is 1.93. The van der Waals surface area contributed by atoms with Crippen LogP contribution in [0.1, 0.15) is 22.9 Å². The van der Waals surface area contributed by atoms with Crippen molar-refractivity contribution in [3.8, 4) is 5.75 Å². The number of ketones is 1. The Morgan fingerprint density at radius 1 is 1.19 bits per heavy atom. The van der Waals surface area contributed by atoms with E-state index in [0.29, 0.717) is 17.1 Å². The van der Waals surface area contributed by atoms with Gasteiger partial charge in [-0.2, -0.15) is 0 Å². The van der Waals surface area contributed by atoms with E-state index in [1.54, 1.807) is 25.1 Å². The molecule has 1 saturated heterocycles. The molecule has 162 valence electrons. The van der Waals surface area contributed by atoms with Crippen molar-refractivity contribution in [3.63, 3.8) is 0 Å². The highest BCUT2D eigenvalue weighted by atomic mass is 16.6. The van der Waals surface area contributed by atoms with Gasteiger partial charge >= 0.3 is 5.91 Å². The number of rotatable bonds is 5. The molecule has 10 heteroatoms. The molecule has 32 heavy (non-hydrogen) atoms. The number of aryl methyl sites for hydroxylation is 1. The number of non-ortho nitro benzene ring substituents is 1. The second-order valence-electron chi connectivity index (χ2n) is 7.05. The van der Waals surface area contributed by atoms with E-state index in [-0.39, 0.29) is 22.6 Å². The molecule has 2 heterocycles. The lowest BCUT2D eigenvalue weighted by atomic mass is 9.95. The van der Waals surface area contributed by atoms with Gasteiger partial charge in [-0.15, -0.1) is 0 Å². The molecule has 1 unspecified atom stereocenters. The Labute approximate surface area is 181 Å². The van der Waals surface area contributed by atoms with Crippen LogP contribution in [-0.2, 0) is 9.59 Å². The minimum atomic E-state index is -1.08. The van der Waals surface area contributed by atoms with Crippen LogP contribution in [0.25, 0.3) is 5.76 Å². The van der Waals surface area contributed by atoms with Gasteiger partial charge in [-0.1, -0.05) is 17.3 Å². The zero-order valence-electron chi connectivity index (χ0n) is 17.0. The van der Waals surface area contributed by atoms with E-state index in [0.717, 1.165) is 4.90 Å². The fourth-order valence-electron chi connectivity index (χ4n) is 3.56. The molecule has 0 spiro atoms. The lowest BCUT2D eigenvalue weighted by Crippen LogP contribution is -2.29. The van der Waals surface area contributed by atoms with Gasteiger partial charge in [0.1, 0.15) is 17.3 Å². The third-order valence-corrected chi connectivity index (χ3v) is 5.07. The number of benzene rings is 2. The van der Waals surface area contributed by atoms with Gasteiger partial charge in [-0.3, -0.25) is 24.6 Å². The summed E-state index contributed by atoms with van der Waals surface area (Å²) >= 11 is 0. The van der Waals surface area contributed by atoms with Crippen molar-refractivity contribution < 1.29 is 28.9 Å².